The number of ketones is 1. The summed E-state index contributed by atoms with van der Waals surface area (Å²) in [7, 11) is 0. The van der Waals surface area contributed by atoms with Crippen molar-refractivity contribution in [2.75, 3.05) is 0 Å². The third-order valence-corrected chi connectivity index (χ3v) is 2.90. The van der Waals surface area contributed by atoms with Crippen LogP contribution in [0, 0.1) is 0 Å². The van der Waals surface area contributed by atoms with Crippen LogP contribution in [-0.4, -0.2) is 5.78 Å². The Kier molecular flexibility index (Phi) is 2.72. The normalized spacial score (nSPS) is 16.5. The Morgan fingerprint density at radius 3 is 2.67 bits per heavy atom. The molecule has 1 aliphatic carbocycles. The zero-order valence-corrected chi connectivity index (χ0v) is 9.29. The molecule has 0 spiro atoms. The van der Waals surface area contributed by atoms with Gasteiger partial charge in [-0.1, -0.05) is 24.3 Å². The van der Waals surface area contributed by atoms with Gasteiger partial charge in [-0.05, 0) is 55.4 Å². The summed E-state index contributed by atoms with van der Waals surface area (Å²) in [6.45, 7) is 3.47. The number of allylic oxidation sites excluding steroid dienone is 1. The summed E-state index contributed by atoms with van der Waals surface area (Å²) in [4.78, 5) is 11.1. The van der Waals surface area contributed by atoms with Gasteiger partial charge < -0.3 is 0 Å². The minimum Gasteiger partial charge on any atom is -0.295 e. The number of hydrogen-bond acceptors (Lipinski definition) is 1. The molecule has 0 bridgehead atoms. The summed E-state index contributed by atoms with van der Waals surface area (Å²) in [5.41, 5.74) is 3.38. The lowest BCUT2D eigenvalue weighted by atomic mass is 10.0. The summed E-state index contributed by atoms with van der Waals surface area (Å²) in [6, 6.07) is 8.51. The van der Waals surface area contributed by atoms with Crippen LogP contribution in [0.25, 0.3) is 6.08 Å². The summed E-state index contributed by atoms with van der Waals surface area (Å²) in [6.07, 6.45) is 4.60. The molecule has 0 aromatic heterocycles. The van der Waals surface area contributed by atoms with Gasteiger partial charge >= 0.3 is 0 Å². The number of carbonyl (C=O) groups excluding carboxylic acids is 1. The third-order valence-electron chi connectivity index (χ3n) is 2.90. The van der Waals surface area contributed by atoms with Crippen LogP contribution in [0.5, 0.6) is 0 Å². The van der Waals surface area contributed by atoms with Gasteiger partial charge in [-0.15, -0.1) is 0 Å². The van der Waals surface area contributed by atoms with E-state index in [0.29, 0.717) is 0 Å². The first-order valence-electron chi connectivity index (χ1n) is 5.46. The topological polar surface area (TPSA) is 17.1 Å². The van der Waals surface area contributed by atoms with E-state index in [1.54, 1.807) is 6.92 Å². The van der Waals surface area contributed by atoms with Crippen LogP contribution in [0.1, 0.15) is 43.7 Å². The van der Waals surface area contributed by atoms with E-state index in [9.17, 15) is 4.79 Å². The number of benzene rings is 1. The van der Waals surface area contributed by atoms with Crippen molar-refractivity contribution in [1.29, 1.82) is 0 Å². The second-order valence-electron chi connectivity index (χ2n) is 4.33. The van der Waals surface area contributed by atoms with Gasteiger partial charge in [0.25, 0.3) is 0 Å². The van der Waals surface area contributed by atoms with Gasteiger partial charge in [-0.3, -0.25) is 4.79 Å². The van der Waals surface area contributed by atoms with Crippen molar-refractivity contribution in [3.8, 4) is 0 Å². The van der Waals surface area contributed by atoms with E-state index < -0.39 is 0 Å². The lowest BCUT2D eigenvalue weighted by molar-refractivity contribution is -0.113. The van der Waals surface area contributed by atoms with Gasteiger partial charge in [0.2, 0.25) is 0 Å². The van der Waals surface area contributed by atoms with Gasteiger partial charge in [0.15, 0.2) is 5.78 Å². The lowest BCUT2D eigenvalue weighted by Gasteiger charge is -2.01. The van der Waals surface area contributed by atoms with E-state index in [1.807, 2.05) is 13.0 Å². The molecule has 0 radical (unpaired) electrons. The Hall–Kier alpha value is -1.37. The predicted octanol–water partition coefficient (Wildman–Crippen LogP) is 3.56. The number of hydrogen-bond donors (Lipinski definition) is 0. The minimum atomic E-state index is 0.145. The highest BCUT2D eigenvalue weighted by molar-refractivity contribution is 5.97. The zero-order chi connectivity index (χ0) is 10.8. The molecule has 1 fully saturated rings. The molecule has 1 aromatic carbocycles. The third kappa shape index (κ3) is 2.56. The molecule has 0 heterocycles. The molecule has 0 amide bonds. The van der Waals surface area contributed by atoms with E-state index >= 15 is 0 Å². The highest BCUT2D eigenvalue weighted by Gasteiger charge is 2.23. The largest absolute Gasteiger partial charge is 0.295 e. The van der Waals surface area contributed by atoms with Crippen LogP contribution in [0.15, 0.2) is 29.8 Å². The maximum Gasteiger partial charge on any atom is 0.155 e. The summed E-state index contributed by atoms with van der Waals surface area (Å²) in [5.74, 6) is 0.919. The maximum absolute atomic E-state index is 11.1. The molecule has 1 nitrogen and oxygen atoms in total. The molecule has 78 valence electrons. The van der Waals surface area contributed by atoms with Gasteiger partial charge in [0, 0.05) is 0 Å². The first-order chi connectivity index (χ1) is 7.16. The smallest absolute Gasteiger partial charge is 0.155 e. The fourth-order valence-electron chi connectivity index (χ4n) is 1.67. The molecular formula is C14H16O. The van der Waals surface area contributed by atoms with Crippen molar-refractivity contribution < 1.29 is 4.79 Å². The molecule has 0 aliphatic heterocycles. The summed E-state index contributed by atoms with van der Waals surface area (Å²) in [5, 5.41) is 0. The molecule has 1 aromatic rings. The standard InChI is InChI=1S/C14H16O/c1-10(11(2)15)8-12-4-3-5-14(9-12)13-6-7-13/h3-5,8-9,13H,6-7H2,1-2H3/b10-8+. The fourth-order valence-corrected chi connectivity index (χ4v) is 1.67. The van der Waals surface area contributed by atoms with Crippen LogP contribution in [0.2, 0.25) is 0 Å². The van der Waals surface area contributed by atoms with Crippen molar-refractivity contribution in [2.45, 2.75) is 32.6 Å². The van der Waals surface area contributed by atoms with Crippen LogP contribution >= 0.6 is 0 Å². The Labute approximate surface area is 90.8 Å². The van der Waals surface area contributed by atoms with E-state index in [-0.39, 0.29) is 5.78 Å². The van der Waals surface area contributed by atoms with Gasteiger partial charge in [0.1, 0.15) is 0 Å². The summed E-state index contributed by atoms with van der Waals surface area (Å²) >= 11 is 0. The van der Waals surface area contributed by atoms with E-state index in [4.69, 9.17) is 0 Å². The molecular weight excluding hydrogens is 184 g/mol. The van der Waals surface area contributed by atoms with E-state index in [1.165, 1.54) is 18.4 Å². The zero-order valence-electron chi connectivity index (χ0n) is 9.29. The number of Topliss-reactive ketones (excluding diaryl/α,β-unsaturated/α-hetero) is 1. The van der Waals surface area contributed by atoms with Crippen LogP contribution in [-0.2, 0) is 4.79 Å². The van der Waals surface area contributed by atoms with Crippen LogP contribution in [0.4, 0.5) is 0 Å². The predicted molar refractivity (Wildman–Crippen MR) is 62.7 cm³/mol. The molecule has 15 heavy (non-hydrogen) atoms. The fraction of sp³-hybridized carbons (Fsp3) is 0.357. The maximum atomic E-state index is 11.1. The average molecular weight is 200 g/mol. The van der Waals surface area contributed by atoms with E-state index in [2.05, 4.69) is 24.3 Å². The first kappa shape index (κ1) is 10.2. The molecule has 1 saturated carbocycles. The Balaban J connectivity index is 2.24. The van der Waals surface area contributed by atoms with Gasteiger partial charge in [0.05, 0.1) is 0 Å². The summed E-state index contributed by atoms with van der Waals surface area (Å²) < 4.78 is 0. The highest BCUT2D eigenvalue weighted by atomic mass is 16.1. The van der Waals surface area contributed by atoms with Crippen molar-refractivity contribution in [1.82, 2.24) is 0 Å². The Morgan fingerprint density at radius 2 is 2.07 bits per heavy atom. The molecule has 1 aliphatic rings. The van der Waals surface area contributed by atoms with Crippen molar-refractivity contribution >= 4 is 11.9 Å². The van der Waals surface area contributed by atoms with Crippen LogP contribution < -0.4 is 0 Å². The van der Waals surface area contributed by atoms with Crippen molar-refractivity contribution in [3.05, 3.63) is 41.0 Å². The Morgan fingerprint density at radius 1 is 1.33 bits per heavy atom. The highest BCUT2D eigenvalue weighted by Crippen LogP contribution is 2.40. The molecule has 0 N–H and O–H groups in total. The second kappa shape index (κ2) is 4.01. The second-order valence-corrected chi connectivity index (χ2v) is 4.33. The van der Waals surface area contributed by atoms with Crippen molar-refractivity contribution in [2.24, 2.45) is 0 Å². The quantitative estimate of drug-likeness (QED) is 0.682. The van der Waals surface area contributed by atoms with Gasteiger partial charge in [-0.2, -0.15) is 0 Å². The average Bonchev–Trinajstić information content (AvgIpc) is 3.01. The molecule has 0 saturated heterocycles. The Bertz CT molecular complexity index is 411. The first-order valence-corrected chi connectivity index (χ1v) is 5.46. The molecule has 1 heteroatoms. The molecule has 2 rings (SSSR count). The SMILES string of the molecule is CC(=O)/C(C)=C/c1cccc(C2CC2)c1. The monoisotopic (exact) mass is 200 g/mol. The van der Waals surface area contributed by atoms with E-state index in [0.717, 1.165) is 17.1 Å². The number of rotatable bonds is 3. The number of carbonyl (C=O) groups is 1. The molecule has 0 atom stereocenters. The minimum absolute atomic E-state index is 0.145. The van der Waals surface area contributed by atoms with Crippen LogP contribution in [0.3, 0.4) is 0 Å². The molecule has 0 unspecified atom stereocenters. The lowest BCUT2D eigenvalue weighted by Crippen LogP contribution is -1.91. The van der Waals surface area contributed by atoms with Crippen molar-refractivity contribution in [3.63, 3.8) is 0 Å². The van der Waals surface area contributed by atoms with Gasteiger partial charge in [-0.25, -0.2) is 0 Å².